The van der Waals surface area contributed by atoms with Gasteiger partial charge in [-0.25, -0.2) is 28.8 Å². The van der Waals surface area contributed by atoms with Crippen LogP contribution in [0.3, 0.4) is 0 Å². The summed E-state index contributed by atoms with van der Waals surface area (Å²) >= 11 is 0. The minimum atomic E-state index is -1.99. The van der Waals surface area contributed by atoms with Crippen LogP contribution < -0.4 is 0 Å². The molecule has 5 aromatic carbocycles. The van der Waals surface area contributed by atoms with E-state index in [4.69, 9.17) is 20.4 Å². The second-order valence-electron chi connectivity index (χ2n) is 10.7. The summed E-state index contributed by atoms with van der Waals surface area (Å²) < 4.78 is 4.47. The largest absolute Gasteiger partial charge is 0.481 e. The van der Waals surface area contributed by atoms with E-state index in [2.05, 4.69) is 4.74 Å². The maximum absolute atomic E-state index is 11.9. The molecule has 4 unspecified atom stereocenters. The van der Waals surface area contributed by atoms with Crippen LogP contribution in [0.15, 0.2) is 48.5 Å². The van der Waals surface area contributed by atoms with E-state index in [1.54, 1.807) is 0 Å². The SMILES string of the molecule is O=C(O)C1OC(C(=O)O)C(C(=O)O)C1C(=O)O.O=C(O)c1ccc2c3ccc(C(=O)O)c4c(C(=O)O)ccc(c5ccc(C(=O)O)c1c25)c43. The van der Waals surface area contributed by atoms with Gasteiger partial charge in [-0.3, -0.25) is 9.59 Å². The molecule has 8 N–H and O–H groups in total. The highest BCUT2D eigenvalue weighted by molar-refractivity contribution is 6.38. The topological polar surface area (TPSA) is 308 Å². The lowest BCUT2D eigenvalue weighted by Gasteiger charge is -2.18. The molecule has 49 heavy (non-hydrogen) atoms. The van der Waals surface area contributed by atoms with Gasteiger partial charge in [0, 0.05) is 10.8 Å². The quantitative estimate of drug-likeness (QED) is 0.0865. The van der Waals surface area contributed by atoms with Crippen LogP contribution in [-0.2, 0) is 23.9 Å². The summed E-state index contributed by atoms with van der Waals surface area (Å²) in [6, 6.07) is 11.4. The van der Waals surface area contributed by atoms with E-state index in [1.807, 2.05) is 0 Å². The first kappa shape index (κ1) is 33.5. The summed E-state index contributed by atoms with van der Waals surface area (Å²) in [5.41, 5.74) is -0.696. The van der Waals surface area contributed by atoms with Crippen molar-refractivity contribution in [3.05, 3.63) is 70.8 Å². The number of benzene rings is 5. The molecule has 0 aromatic heterocycles. The van der Waals surface area contributed by atoms with E-state index in [1.165, 1.54) is 48.5 Å². The number of rotatable bonds is 8. The lowest BCUT2D eigenvalue weighted by Crippen LogP contribution is -2.39. The Bertz CT molecular complexity index is 2040. The van der Waals surface area contributed by atoms with Crippen molar-refractivity contribution in [1.82, 2.24) is 0 Å². The normalized spacial score (nSPS) is 18.6. The maximum Gasteiger partial charge on any atom is 0.336 e. The van der Waals surface area contributed by atoms with Gasteiger partial charge in [0.2, 0.25) is 0 Å². The number of ether oxygens (including phenoxy) is 1. The third-order valence-electron chi connectivity index (χ3n) is 8.21. The summed E-state index contributed by atoms with van der Waals surface area (Å²) in [5, 5.41) is 76.5. The molecule has 0 amide bonds. The number of carbonyl (C=O) groups is 8. The molecule has 1 aliphatic rings. The first-order valence-corrected chi connectivity index (χ1v) is 13.7. The van der Waals surface area contributed by atoms with Gasteiger partial charge in [0.25, 0.3) is 0 Å². The van der Waals surface area contributed by atoms with E-state index in [9.17, 15) is 58.8 Å². The van der Waals surface area contributed by atoms with Crippen molar-refractivity contribution >= 4 is 90.8 Å². The van der Waals surface area contributed by atoms with Gasteiger partial charge in [-0.1, -0.05) is 24.3 Å². The number of carboxylic acids is 8. The second kappa shape index (κ2) is 12.0. The van der Waals surface area contributed by atoms with Gasteiger partial charge < -0.3 is 45.6 Å². The first-order chi connectivity index (χ1) is 23.0. The molecule has 250 valence electrons. The Hall–Kier alpha value is -6.88. The van der Waals surface area contributed by atoms with Crippen molar-refractivity contribution in [3.8, 4) is 0 Å². The fourth-order valence-electron chi connectivity index (χ4n) is 6.30. The van der Waals surface area contributed by atoms with Crippen molar-refractivity contribution in [2.24, 2.45) is 11.8 Å². The van der Waals surface area contributed by atoms with Crippen molar-refractivity contribution in [3.63, 3.8) is 0 Å². The molecule has 1 fully saturated rings. The van der Waals surface area contributed by atoms with Gasteiger partial charge >= 0.3 is 47.8 Å². The minimum Gasteiger partial charge on any atom is -0.481 e. The molecule has 0 radical (unpaired) electrons. The van der Waals surface area contributed by atoms with Crippen LogP contribution in [0.25, 0.3) is 43.1 Å². The molecule has 1 aliphatic heterocycles. The maximum atomic E-state index is 11.9. The Morgan fingerprint density at radius 2 is 0.612 bits per heavy atom. The fourth-order valence-corrected chi connectivity index (χ4v) is 6.30. The van der Waals surface area contributed by atoms with Gasteiger partial charge in [0.15, 0.2) is 12.2 Å². The molecular weight excluding hydrogens is 656 g/mol. The van der Waals surface area contributed by atoms with Crippen LogP contribution in [0.4, 0.5) is 0 Å². The monoisotopic (exact) mass is 676 g/mol. The number of hydrogen-bond acceptors (Lipinski definition) is 9. The van der Waals surface area contributed by atoms with Crippen molar-refractivity contribution < 1.29 is 83.9 Å². The smallest absolute Gasteiger partial charge is 0.336 e. The summed E-state index contributed by atoms with van der Waals surface area (Å²) in [6.07, 6.45) is -3.98. The van der Waals surface area contributed by atoms with E-state index >= 15 is 0 Å². The molecule has 0 saturated carbocycles. The summed E-state index contributed by atoms with van der Waals surface area (Å²) in [6.45, 7) is 0. The zero-order valence-corrected chi connectivity index (χ0v) is 24.2. The van der Waals surface area contributed by atoms with E-state index in [0.717, 1.165) is 0 Å². The van der Waals surface area contributed by atoms with Crippen LogP contribution in [0.1, 0.15) is 41.4 Å². The van der Waals surface area contributed by atoms with Gasteiger partial charge in [-0.05, 0) is 56.6 Å². The highest BCUT2D eigenvalue weighted by Crippen LogP contribution is 2.44. The number of aliphatic carboxylic acids is 4. The van der Waals surface area contributed by atoms with Crippen molar-refractivity contribution in [2.45, 2.75) is 12.2 Å². The fraction of sp³-hybridized carbons (Fsp3) is 0.125. The summed E-state index contributed by atoms with van der Waals surface area (Å²) in [7, 11) is 0. The molecule has 1 heterocycles. The van der Waals surface area contributed by atoms with Crippen LogP contribution >= 0.6 is 0 Å². The Labute approximate surface area is 269 Å². The average molecular weight is 676 g/mol. The van der Waals surface area contributed by atoms with Gasteiger partial charge in [-0.15, -0.1) is 0 Å². The molecule has 4 atom stereocenters. The summed E-state index contributed by atoms with van der Waals surface area (Å²) in [4.78, 5) is 90.4. The second-order valence-corrected chi connectivity index (χ2v) is 10.7. The Kier molecular flexibility index (Phi) is 8.23. The minimum absolute atomic E-state index is 0.0587. The average Bonchev–Trinajstić information content (AvgIpc) is 3.45. The summed E-state index contributed by atoms with van der Waals surface area (Å²) in [5.74, 6) is -15.9. The van der Waals surface area contributed by atoms with E-state index in [0.29, 0.717) is 32.3 Å². The number of fused-ring (bicyclic) bond motifs is 2. The molecule has 0 aliphatic carbocycles. The number of hydrogen-bond donors (Lipinski definition) is 8. The van der Waals surface area contributed by atoms with Gasteiger partial charge in [-0.2, -0.15) is 0 Å². The van der Waals surface area contributed by atoms with Crippen LogP contribution in [0, 0.1) is 11.8 Å². The number of carboxylic acid groups (broad SMARTS) is 8. The van der Waals surface area contributed by atoms with Crippen LogP contribution in [-0.4, -0.2) is 101 Å². The lowest BCUT2D eigenvalue weighted by molar-refractivity contribution is -0.163. The van der Waals surface area contributed by atoms with E-state index in [-0.39, 0.29) is 33.0 Å². The number of aromatic carboxylic acids is 4. The lowest BCUT2D eigenvalue weighted by atomic mass is 9.84. The molecule has 17 nitrogen and oxygen atoms in total. The van der Waals surface area contributed by atoms with E-state index < -0.39 is 71.8 Å². The molecule has 0 bridgehead atoms. The highest BCUT2D eigenvalue weighted by Gasteiger charge is 2.57. The standard InChI is InChI=1S/C24H12O8.C8H8O9/c25-21(26)13-5-1-9-10-2-6-15(23(29)30)20-16(24(31)32)8-4-12(18(10)20)11-3-7-14(22(27)28)19(13)17(9)11;9-5(10)1-2(6(11)12)4(8(15)16)17-3(1)7(13)14/h1-8H,(H,25,26)(H,27,28)(H,29,30)(H,31,32);1-4H,(H,9,10)(H,11,12)(H,13,14)(H,15,16). The van der Waals surface area contributed by atoms with Crippen molar-refractivity contribution in [2.75, 3.05) is 0 Å². The molecule has 6 rings (SSSR count). The van der Waals surface area contributed by atoms with Crippen molar-refractivity contribution in [1.29, 1.82) is 0 Å². The zero-order valence-electron chi connectivity index (χ0n) is 24.2. The predicted octanol–water partition coefficient (Wildman–Crippen LogP) is 2.85. The Morgan fingerprint density at radius 3 is 0.796 bits per heavy atom. The third-order valence-corrected chi connectivity index (χ3v) is 8.21. The Balaban J connectivity index is 0.000000234. The molecule has 5 aromatic rings. The predicted molar refractivity (Wildman–Crippen MR) is 162 cm³/mol. The Morgan fingerprint density at radius 1 is 0.367 bits per heavy atom. The molecule has 1 saturated heterocycles. The van der Waals surface area contributed by atoms with Crippen LogP contribution in [0.5, 0.6) is 0 Å². The van der Waals surface area contributed by atoms with Gasteiger partial charge in [0.1, 0.15) is 11.8 Å². The van der Waals surface area contributed by atoms with Gasteiger partial charge in [0.05, 0.1) is 22.3 Å². The molecule has 0 spiro atoms. The third kappa shape index (κ3) is 5.28. The molecular formula is C32H20O17. The zero-order chi connectivity index (χ0) is 36.2. The highest BCUT2D eigenvalue weighted by atomic mass is 16.6. The molecule has 17 heteroatoms. The first-order valence-electron chi connectivity index (χ1n) is 13.7. The van der Waals surface area contributed by atoms with Crippen LogP contribution in [0.2, 0.25) is 0 Å².